The van der Waals surface area contributed by atoms with Crippen LogP contribution in [0.5, 0.6) is 0 Å². The zero-order valence-corrected chi connectivity index (χ0v) is 15.1. The minimum atomic E-state index is -1.12. The van der Waals surface area contributed by atoms with Gasteiger partial charge >= 0.3 is 6.09 Å². The van der Waals surface area contributed by atoms with Gasteiger partial charge in [-0.25, -0.2) is 13.6 Å². The molecule has 0 radical (unpaired) electrons. The summed E-state index contributed by atoms with van der Waals surface area (Å²) in [6.07, 6.45) is 0.569. The molecule has 138 valence electrons. The van der Waals surface area contributed by atoms with Crippen molar-refractivity contribution in [3.05, 3.63) is 34.4 Å². The first-order valence-electron chi connectivity index (χ1n) is 8.00. The lowest BCUT2D eigenvalue weighted by atomic mass is 10.0. The predicted molar refractivity (Wildman–Crippen MR) is 89.7 cm³/mol. The number of carbonyl (C=O) groups excluding carboxylic acids is 2. The van der Waals surface area contributed by atoms with Crippen LogP contribution >= 0.6 is 11.6 Å². The van der Waals surface area contributed by atoms with Crippen molar-refractivity contribution in [2.45, 2.75) is 45.3 Å². The summed E-state index contributed by atoms with van der Waals surface area (Å²) in [6.45, 7) is 6.07. The molecule has 0 unspecified atom stereocenters. The fourth-order valence-corrected chi connectivity index (χ4v) is 2.79. The maximum Gasteiger partial charge on any atom is 0.407 e. The SMILES string of the molecule is CC(C)(C)OC(=O)NC1CCN(C(=O)c2cc(F)c(F)cc2Cl)CC1. The molecule has 8 heteroatoms. The van der Waals surface area contributed by atoms with Gasteiger partial charge in [0.2, 0.25) is 0 Å². The van der Waals surface area contributed by atoms with Crippen molar-refractivity contribution in [1.82, 2.24) is 10.2 Å². The number of benzene rings is 1. The molecular weight excluding hydrogens is 354 g/mol. The van der Waals surface area contributed by atoms with E-state index < -0.39 is 29.2 Å². The molecule has 1 aromatic rings. The molecule has 2 amide bonds. The lowest BCUT2D eigenvalue weighted by Crippen LogP contribution is -2.47. The summed E-state index contributed by atoms with van der Waals surface area (Å²) in [6, 6.07) is 1.49. The molecule has 2 rings (SSSR count). The van der Waals surface area contributed by atoms with E-state index >= 15 is 0 Å². The van der Waals surface area contributed by atoms with E-state index in [0.29, 0.717) is 25.9 Å². The Morgan fingerprint density at radius 2 is 1.76 bits per heavy atom. The Hall–Kier alpha value is -1.89. The van der Waals surface area contributed by atoms with Crippen molar-refractivity contribution < 1.29 is 23.1 Å². The molecule has 1 N–H and O–H groups in total. The van der Waals surface area contributed by atoms with Crippen molar-refractivity contribution in [3.63, 3.8) is 0 Å². The van der Waals surface area contributed by atoms with Crippen LogP contribution in [0.15, 0.2) is 12.1 Å². The van der Waals surface area contributed by atoms with Crippen LogP contribution in [0.1, 0.15) is 44.0 Å². The summed E-state index contributed by atoms with van der Waals surface area (Å²) >= 11 is 5.85. The summed E-state index contributed by atoms with van der Waals surface area (Å²) in [7, 11) is 0. The zero-order valence-electron chi connectivity index (χ0n) is 14.4. The Bertz CT molecular complexity index is 669. The summed E-state index contributed by atoms with van der Waals surface area (Å²) in [5.74, 6) is -2.67. The smallest absolute Gasteiger partial charge is 0.407 e. The van der Waals surface area contributed by atoms with E-state index in [0.717, 1.165) is 12.1 Å². The van der Waals surface area contributed by atoms with Crippen LogP contribution in [-0.4, -0.2) is 41.6 Å². The van der Waals surface area contributed by atoms with Crippen LogP contribution < -0.4 is 5.32 Å². The first-order valence-corrected chi connectivity index (χ1v) is 8.38. The average Bonchev–Trinajstić information content (AvgIpc) is 2.49. The zero-order chi connectivity index (χ0) is 18.8. The molecule has 25 heavy (non-hydrogen) atoms. The molecule has 0 spiro atoms. The molecule has 1 aromatic carbocycles. The van der Waals surface area contributed by atoms with Crippen molar-refractivity contribution in [3.8, 4) is 0 Å². The highest BCUT2D eigenvalue weighted by Gasteiger charge is 2.27. The molecule has 1 aliphatic heterocycles. The maximum absolute atomic E-state index is 13.4. The molecule has 0 atom stereocenters. The van der Waals surface area contributed by atoms with Crippen LogP contribution in [0.3, 0.4) is 0 Å². The number of nitrogens with zero attached hydrogens (tertiary/aromatic N) is 1. The van der Waals surface area contributed by atoms with Crippen LogP contribution in [0.4, 0.5) is 13.6 Å². The number of piperidine rings is 1. The quantitative estimate of drug-likeness (QED) is 0.802. The van der Waals surface area contributed by atoms with Gasteiger partial charge in [0.15, 0.2) is 11.6 Å². The summed E-state index contributed by atoms with van der Waals surface area (Å²) in [5, 5.41) is 2.64. The number of likely N-dealkylation sites (tertiary alicyclic amines) is 1. The molecular formula is C17H21ClF2N2O3. The number of ether oxygens (including phenoxy) is 1. The number of rotatable bonds is 2. The Kier molecular flexibility index (Phi) is 5.87. The number of halogens is 3. The van der Waals surface area contributed by atoms with Crippen molar-refractivity contribution >= 4 is 23.6 Å². The van der Waals surface area contributed by atoms with Crippen LogP contribution in [-0.2, 0) is 4.74 Å². The van der Waals surface area contributed by atoms with Gasteiger partial charge in [0.25, 0.3) is 5.91 Å². The summed E-state index contributed by atoms with van der Waals surface area (Å²) in [5.41, 5.74) is -0.649. The Morgan fingerprint density at radius 3 is 2.32 bits per heavy atom. The molecule has 0 aliphatic carbocycles. The molecule has 1 aliphatic rings. The van der Waals surface area contributed by atoms with Crippen LogP contribution in [0.2, 0.25) is 5.02 Å². The standard InChI is InChI=1S/C17H21ClF2N2O3/c1-17(2,3)25-16(24)21-10-4-6-22(7-5-10)15(23)11-8-13(19)14(20)9-12(11)18/h8-10H,4-7H2,1-3H3,(H,21,24). The molecule has 1 heterocycles. The van der Waals surface area contributed by atoms with Crippen molar-refractivity contribution in [1.29, 1.82) is 0 Å². The Balaban J connectivity index is 1.93. The van der Waals surface area contributed by atoms with Gasteiger partial charge in [0.1, 0.15) is 5.60 Å². The highest BCUT2D eigenvalue weighted by Crippen LogP contribution is 2.23. The van der Waals surface area contributed by atoms with E-state index in [2.05, 4.69) is 5.32 Å². The highest BCUT2D eigenvalue weighted by atomic mass is 35.5. The summed E-state index contributed by atoms with van der Waals surface area (Å²) in [4.78, 5) is 25.7. The maximum atomic E-state index is 13.4. The van der Waals surface area contributed by atoms with E-state index in [4.69, 9.17) is 16.3 Å². The molecule has 0 bridgehead atoms. The minimum absolute atomic E-state index is 0.0703. The molecule has 1 fully saturated rings. The topological polar surface area (TPSA) is 58.6 Å². The van der Waals surface area contributed by atoms with Gasteiger partial charge in [-0.1, -0.05) is 11.6 Å². The van der Waals surface area contributed by atoms with Crippen LogP contribution in [0.25, 0.3) is 0 Å². The first kappa shape index (κ1) is 19.4. The molecule has 1 saturated heterocycles. The first-order chi connectivity index (χ1) is 11.6. The Labute approximate surface area is 150 Å². The monoisotopic (exact) mass is 374 g/mol. The van der Waals surface area contributed by atoms with E-state index in [-0.39, 0.29) is 16.6 Å². The number of carbonyl (C=O) groups is 2. The molecule has 0 saturated carbocycles. The number of hydrogen-bond acceptors (Lipinski definition) is 3. The third-order valence-corrected chi connectivity index (χ3v) is 4.06. The number of alkyl carbamates (subject to hydrolysis) is 1. The lowest BCUT2D eigenvalue weighted by molar-refractivity contribution is 0.0473. The number of hydrogen-bond donors (Lipinski definition) is 1. The lowest BCUT2D eigenvalue weighted by Gasteiger charge is -2.33. The van der Waals surface area contributed by atoms with Gasteiger partial charge in [-0.05, 0) is 45.7 Å². The third-order valence-electron chi connectivity index (χ3n) is 3.74. The van der Waals surface area contributed by atoms with Gasteiger partial charge in [0, 0.05) is 19.1 Å². The van der Waals surface area contributed by atoms with Crippen LogP contribution in [0, 0.1) is 11.6 Å². The van der Waals surface area contributed by atoms with Crippen molar-refractivity contribution in [2.75, 3.05) is 13.1 Å². The normalized spacial score (nSPS) is 15.8. The summed E-state index contributed by atoms with van der Waals surface area (Å²) < 4.78 is 31.7. The Morgan fingerprint density at radius 1 is 1.20 bits per heavy atom. The van der Waals surface area contributed by atoms with E-state index in [9.17, 15) is 18.4 Å². The van der Waals surface area contributed by atoms with E-state index in [1.165, 1.54) is 4.90 Å². The average molecular weight is 375 g/mol. The second kappa shape index (κ2) is 7.56. The highest BCUT2D eigenvalue weighted by molar-refractivity contribution is 6.33. The molecule has 0 aromatic heterocycles. The minimum Gasteiger partial charge on any atom is -0.444 e. The second-order valence-electron chi connectivity index (χ2n) is 6.96. The number of amides is 2. The third kappa shape index (κ3) is 5.29. The largest absolute Gasteiger partial charge is 0.444 e. The fourth-order valence-electron chi connectivity index (χ4n) is 2.56. The predicted octanol–water partition coefficient (Wildman–Crippen LogP) is 3.75. The van der Waals surface area contributed by atoms with E-state index in [1.54, 1.807) is 20.8 Å². The van der Waals surface area contributed by atoms with Crippen molar-refractivity contribution in [2.24, 2.45) is 0 Å². The van der Waals surface area contributed by atoms with Gasteiger partial charge in [-0.3, -0.25) is 4.79 Å². The molecule has 5 nitrogen and oxygen atoms in total. The van der Waals surface area contributed by atoms with E-state index in [1.807, 2.05) is 0 Å². The van der Waals surface area contributed by atoms with Gasteiger partial charge in [0.05, 0.1) is 10.6 Å². The second-order valence-corrected chi connectivity index (χ2v) is 7.37. The van der Waals surface area contributed by atoms with Gasteiger partial charge in [-0.2, -0.15) is 0 Å². The van der Waals surface area contributed by atoms with Gasteiger partial charge in [-0.15, -0.1) is 0 Å². The fraction of sp³-hybridized carbons (Fsp3) is 0.529. The van der Waals surface area contributed by atoms with Gasteiger partial charge < -0.3 is 15.0 Å². The number of nitrogens with one attached hydrogen (secondary N) is 1.